The minimum atomic E-state index is -3.48. The zero-order valence-corrected chi connectivity index (χ0v) is 14.0. The minimum absolute atomic E-state index is 0.0313. The first-order chi connectivity index (χ1) is 9.92. The summed E-state index contributed by atoms with van der Waals surface area (Å²) in [5, 5.41) is 2.00. The van der Waals surface area contributed by atoms with Crippen LogP contribution in [0.4, 0.5) is 0 Å². The smallest absolute Gasteiger partial charge is 0.240 e. The van der Waals surface area contributed by atoms with Crippen LogP contribution >= 0.6 is 11.3 Å². The molecule has 4 nitrogen and oxygen atoms in total. The number of nitrogens with one attached hydrogen (secondary N) is 1. The summed E-state index contributed by atoms with van der Waals surface area (Å²) < 4.78 is 27.6. The molecule has 0 aliphatic carbocycles. The third-order valence-corrected chi connectivity index (χ3v) is 5.90. The summed E-state index contributed by atoms with van der Waals surface area (Å²) >= 11 is 1.63. The lowest BCUT2D eigenvalue weighted by molar-refractivity contribution is 0.303. The van der Waals surface area contributed by atoms with Crippen LogP contribution in [0.1, 0.15) is 16.5 Å². The van der Waals surface area contributed by atoms with Crippen LogP contribution in [-0.4, -0.2) is 34.0 Å². The first-order valence-corrected chi connectivity index (χ1v) is 9.03. The average molecular weight is 324 g/mol. The lowest BCUT2D eigenvalue weighted by Crippen LogP contribution is -2.34. The third kappa shape index (κ3) is 3.91. The van der Waals surface area contributed by atoms with Crippen LogP contribution in [0.25, 0.3) is 0 Å². The predicted molar refractivity (Wildman–Crippen MR) is 87.1 cm³/mol. The molecule has 1 atom stereocenters. The number of sulfonamides is 1. The number of hydrogen-bond donors (Lipinski definition) is 1. The Balaban J connectivity index is 2.16. The van der Waals surface area contributed by atoms with Crippen LogP contribution in [0.3, 0.4) is 0 Å². The van der Waals surface area contributed by atoms with Crippen molar-refractivity contribution in [2.45, 2.75) is 17.9 Å². The van der Waals surface area contributed by atoms with Crippen molar-refractivity contribution in [2.75, 3.05) is 20.6 Å². The van der Waals surface area contributed by atoms with Crippen LogP contribution in [0.15, 0.2) is 46.7 Å². The normalized spacial score (nSPS) is 13.5. The number of likely N-dealkylation sites (N-methyl/N-ethyl adjacent to an activating group) is 1. The van der Waals surface area contributed by atoms with Crippen LogP contribution in [0.2, 0.25) is 0 Å². The molecule has 0 radical (unpaired) electrons. The van der Waals surface area contributed by atoms with Gasteiger partial charge >= 0.3 is 0 Å². The minimum Gasteiger partial charge on any atom is -0.300 e. The summed E-state index contributed by atoms with van der Waals surface area (Å²) in [5.41, 5.74) is 0.752. The zero-order valence-electron chi connectivity index (χ0n) is 12.4. The first kappa shape index (κ1) is 16.2. The molecule has 0 amide bonds. The van der Waals surface area contributed by atoms with Gasteiger partial charge in [-0.15, -0.1) is 11.3 Å². The van der Waals surface area contributed by atoms with E-state index in [0.717, 1.165) is 10.4 Å². The van der Waals surface area contributed by atoms with Gasteiger partial charge in [-0.05, 0) is 44.1 Å². The molecule has 1 aromatic heterocycles. The van der Waals surface area contributed by atoms with Crippen LogP contribution < -0.4 is 4.72 Å². The van der Waals surface area contributed by atoms with Gasteiger partial charge in [0.25, 0.3) is 0 Å². The summed E-state index contributed by atoms with van der Waals surface area (Å²) in [6.45, 7) is 2.15. The van der Waals surface area contributed by atoms with E-state index in [9.17, 15) is 8.42 Å². The fraction of sp³-hybridized carbons (Fsp3) is 0.333. The molecular formula is C15H20N2O2S2. The molecule has 0 aliphatic heterocycles. The van der Waals surface area contributed by atoms with E-state index < -0.39 is 10.0 Å². The Kier molecular flexibility index (Phi) is 5.16. The Morgan fingerprint density at radius 3 is 2.48 bits per heavy atom. The Bertz CT molecular complexity index is 679. The zero-order chi connectivity index (χ0) is 15.5. The molecule has 1 aromatic carbocycles. The molecule has 2 rings (SSSR count). The fourth-order valence-corrected chi connectivity index (χ4v) is 4.35. The van der Waals surface area contributed by atoms with E-state index in [1.165, 1.54) is 0 Å². The van der Waals surface area contributed by atoms with Crippen molar-refractivity contribution in [3.05, 3.63) is 52.2 Å². The van der Waals surface area contributed by atoms with E-state index in [1.807, 2.05) is 42.6 Å². The highest BCUT2D eigenvalue weighted by Crippen LogP contribution is 2.23. The molecule has 0 aliphatic rings. The molecule has 1 heterocycles. The molecule has 0 bridgehead atoms. The van der Waals surface area contributed by atoms with Gasteiger partial charge in [0.1, 0.15) is 0 Å². The maximum absolute atomic E-state index is 12.4. The van der Waals surface area contributed by atoms with Gasteiger partial charge in [0.05, 0.1) is 10.9 Å². The highest BCUT2D eigenvalue weighted by atomic mass is 32.2. The molecule has 1 unspecified atom stereocenters. The van der Waals surface area contributed by atoms with Crippen molar-refractivity contribution >= 4 is 21.4 Å². The van der Waals surface area contributed by atoms with Crippen molar-refractivity contribution in [3.8, 4) is 0 Å². The maximum atomic E-state index is 12.4. The quantitative estimate of drug-likeness (QED) is 0.889. The topological polar surface area (TPSA) is 49.4 Å². The molecule has 2 aromatic rings. The van der Waals surface area contributed by atoms with E-state index in [2.05, 4.69) is 4.72 Å². The fourth-order valence-electron chi connectivity index (χ4n) is 2.14. The van der Waals surface area contributed by atoms with Crippen molar-refractivity contribution < 1.29 is 8.42 Å². The molecule has 0 fully saturated rings. The van der Waals surface area contributed by atoms with Gasteiger partial charge in [0, 0.05) is 11.4 Å². The number of hydrogen-bond acceptors (Lipinski definition) is 4. The van der Waals surface area contributed by atoms with Crippen LogP contribution in [0.5, 0.6) is 0 Å². The van der Waals surface area contributed by atoms with Gasteiger partial charge in [-0.3, -0.25) is 0 Å². The second kappa shape index (κ2) is 6.70. The summed E-state index contributed by atoms with van der Waals surface area (Å²) in [6.07, 6.45) is 0. The number of nitrogens with zero attached hydrogens (tertiary/aromatic N) is 1. The van der Waals surface area contributed by atoms with Crippen LogP contribution in [0, 0.1) is 6.92 Å². The standard InChI is InChI=1S/C15H20N2O2S2/c1-12-7-4-5-9-15(12)21(18,19)16-11-13(17(2)3)14-8-6-10-20-14/h4-10,13,16H,11H2,1-3H3. The average Bonchev–Trinajstić information content (AvgIpc) is 2.92. The Morgan fingerprint density at radius 1 is 1.19 bits per heavy atom. The van der Waals surface area contributed by atoms with Crippen molar-refractivity contribution in [1.29, 1.82) is 0 Å². The van der Waals surface area contributed by atoms with Gasteiger partial charge < -0.3 is 4.90 Å². The van der Waals surface area contributed by atoms with Gasteiger partial charge in [-0.25, -0.2) is 13.1 Å². The maximum Gasteiger partial charge on any atom is 0.240 e. The lowest BCUT2D eigenvalue weighted by Gasteiger charge is -2.23. The number of benzene rings is 1. The van der Waals surface area contributed by atoms with E-state index in [0.29, 0.717) is 11.4 Å². The number of thiophene rings is 1. The monoisotopic (exact) mass is 324 g/mol. The van der Waals surface area contributed by atoms with E-state index in [4.69, 9.17) is 0 Å². The lowest BCUT2D eigenvalue weighted by atomic mass is 10.2. The first-order valence-electron chi connectivity index (χ1n) is 6.67. The van der Waals surface area contributed by atoms with Crippen molar-refractivity contribution in [1.82, 2.24) is 9.62 Å². The molecule has 0 saturated carbocycles. The Morgan fingerprint density at radius 2 is 1.90 bits per heavy atom. The molecule has 0 spiro atoms. The van der Waals surface area contributed by atoms with Gasteiger partial charge in [-0.2, -0.15) is 0 Å². The van der Waals surface area contributed by atoms with E-state index >= 15 is 0 Å². The molecular weight excluding hydrogens is 304 g/mol. The second-order valence-electron chi connectivity index (χ2n) is 5.11. The van der Waals surface area contributed by atoms with Crippen molar-refractivity contribution in [3.63, 3.8) is 0 Å². The summed E-state index contributed by atoms with van der Waals surface area (Å²) in [5.74, 6) is 0. The summed E-state index contributed by atoms with van der Waals surface area (Å²) in [6, 6.07) is 11.0. The Hall–Kier alpha value is -1.21. The number of rotatable bonds is 6. The van der Waals surface area contributed by atoms with E-state index in [-0.39, 0.29) is 6.04 Å². The van der Waals surface area contributed by atoms with Crippen molar-refractivity contribution in [2.24, 2.45) is 0 Å². The number of aryl methyl sites for hydroxylation is 1. The van der Waals surface area contributed by atoms with Gasteiger partial charge in [0.2, 0.25) is 10.0 Å². The molecule has 0 saturated heterocycles. The summed E-state index contributed by atoms with van der Waals surface area (Å²) in [4.78, 5) is 3.51. The molecule has 21 heavy (non-hydrogen) atoms. The molecule has 1 N–H and O–H groups in total. The summed E-state index contributed by atoms with van der Waals surface area (Å²) in [7, 11) is 0.419. The second-order valence-corrected chi connectivity index (χ2v) is 7.83. The molecule has 6 heteroatoms. The SMILES string of the molecule is Cc1ccccc1S(=O)(=O)NCC(c1cccs1)N(C)C. The highest BCUT2D eigenvalue weighted by Gasteiger charge is 2.21. The van der Waals surface area contributed by atoms with Gasteiger partial charge in [-0.1, -0.05) is 24.3 Å². The van der Waals surface area contributed by atoms with E-state index in [1.54, 1.807) is 36.5 Å². The van der Waals surface area contributed by atoms with Crippen LogP contribution in [-0.2, 0) is 10.0 Å². The largest absolute Gasteiger partial charge is 0.300 e. The Labute approximate surface area is 130 Å². The van der Waals surface area contributed by atoms with Gasteiger partial charge in [0.15, 0.2) is 0 Å². The molecule has 114 valence electrons. The third-order valence-electron chi connectivity index (χ3n) is 3.34. The predicted octanol–water partition coefficient (Wildman–Crippen LogP) is 2.64. The highest BCUT2D eigenvalue weighted by molar-refractivity contribution is 7.89.